The Hall–Kier alpha value is -3.61. The standard InChI is InChI=1S/C24H25N3O4/c1-4-30-24(28)19-14-25-22(16-6-8-17(29-3)9-7-16)27-23(19)26-20-11-12-31-21-10-5-15(2)13-18(20)21/h5-10,13-14,20H,4,11-12H2,1-3H3,(H,25,26,27). The largest absolute Gasteiger partial charge is 0.497 e. The Morgan fingerprint density at radius 3 is 2.77 bits per heavy atom. The molecule has 4 rings (SSSR count). The van der Waals surface area contributed by atoms with E-state index in [-0.39, 0.29) is 12.6 Å². The van der Waals surface area contributed by atoms with Crippen molar-refractivity contribution >= 4 is 11.8 Å². The Balaban J connectivity index is 1.72. The van der Waals surface area contributed by atoms with Gasteiger partial charge in [0.25, 0.3) is 0 Å². The van der Waals surface area contributed by atoms with Gasteiger partial charge in [0.1, 0.15) is 22.9 Å². The van der Waals surface area contributed by atoms with Gasteiger partial charge in [0, 0.05) is 23.7 Å². The van der Waals surface area contributed by atoms with Gasteiger partial charge in [0.2, 0.25) is 0 Å². The van der Waals surface area contributed by atoms with Gasteiger partial charge in [0.05, 0.1) is 26.4 Å². The van der Waals surface area contributed by atoms with Gasteiger partial charge in [-0.25, -0.2) is 14.8 Å². The summed E-state index contributed by atoms with van der Waals surface area (Å²) in [4.78, 5) is 21.6. The lowest BCUT2D eigenvalue weighted by Gasteiger charge is -2.28. The molecule has 160 valence electrons. The van der Waals surface area contributed by atoms with Crippen LogP contribution in [0.15, 0.2) is 48.7 Å². The number of carbonyl (C=O) groups is 1. The summed E-state index contributed by atoms with van der Waals surface area (Å²) in [5, 5.41) is 3.45. The molecule has 7 nitrogen and oxygen atoms in total. The van der Waals surface area contributed by atoms with Gasteiger partial charge >= 0.3 is 5.97 Å². The molecule has 0 spiro atoms. The zero-order valence-corrected chi connectivity index (χ0v) is 17.8. The van der Waals surface area contributed by atoms with Crippen molar-refractivity contribution in [2.75, 3.05) is 25.6 Å². The van der Waals surface area contributed by atoms with E-state index in [1.807, 2.05) is 43.3 Å². The fourth-order valence-corrected chi connectivity index (χ4v) is 3.56. The van der Waals surface area contributed by atoms with E-state index in [1.54, 1.807) is 14.0 Å². The van der Waals surface area contributed by atoms with Crippen LogP contribution in [0.25, 0.3) is 11.4 Å². The molecule has 1 aliphatic rings. The molecule has 0 aliphatic carbocycles. The lowest BCUT2D eigenvalue weighted by molar-refractivity contribution is 0.0526. The fraction of sp³-hybridized carbons (Fsp3) is 0.292. The van der Waals surface area contributed by atoms with Gasteiger partial charge < -0.3 is 19.5 Å². The zero-order chi connectivity index (χ0) is 21.8. The van der Waals surface area contributed by atoms with E-state index in [2.05, 4.69) is 21.4 Å². The van der Waals surface area contributed by atoms with Crippen LogP contribution in [0.2, 0.25) is 0 Å². The van der Waals surface area contributed by atoms with Crippen molar-refractivity contribution in [1.29, 1.82) is 0 Å². The predicted octanol–water partition coefficient (Wildman–Crippen LogP) is 4.57. The second-order valence-corrected chi connectivity index (χ2v) is 7.28. The first-order valence-electron chi connectivity index (χ1n) is 10.3. The molecule has 0 bridgehead atoms. The molecule has 2 heterocycles. The molecule has 1 aromatic heterocycles. The molecule has 31 heavy (non-hydrogen) atoms. The van der Waals surface area contributed by atoms with E-state index in [9.17, 15) is 4.79 Å². The summed E-state index contributed by atoms with van der Waals surface area (Å²) < 4.78 is 16.2. The van der Waals surface area contributed by atoms with Gasteiger partial charge in [0.15, 0.2) is 5.82 Å². The van der Waals surface area contributed by atoms with E-state index in [0.717, 1.165) is 34.6 Å². The number of aromatic nitrogens is 2. The van der Waals surface area contributed by atoms with Gasteiger partial charge in [-0.3, -0.25) is 0 Å². The maximum Gasteiger partial charge on any atom is 0.343 e. The number of ether oxygens (including phenoxy) is 3. The normalized spacial score (nSPS) is 14.9. The highest BCUT2D eigenvalue weighted by Gasteiger charge is 2.25. The van der Waals surface area contributed by atoms with Crippen LogP contribution in [0.5, 0.6) is 11.5 Å². The van der Waals surface area contributed by atoms with Gasteiger partial charge in [-0.2, -0.15) is 0 Å². The highest BCUT2D eigenvalue weighted by molar-refractivity contribution is 5.94. The van der Waals surface area contributed by atoms with Crippen LogP contribution in [0.3, 0.4) is 0 Å². The van der Waals surface area contributed by atoms with Crippen LogP contribution in [0.4, 0.5) is 5.82 Å². The molecule has 0 saturated heterocycles. The molecule has 3 aromatic rings. The minimum absolute atomic E-state index is 0.0459. The van der Waals surface area contributed by atoms with Crippen molar-refractivity contribution in [2.45, 2.75) is 26.3 Å². The van der Waals surface area contributed by atoms with Crippen LogP contribution in [-0.4, -0.2) is 36.3 Å². The predicted molar refractivity (Wildman–Crippen MR) is 118 cm³/mol. The van der Waals surface area contributed by atoms with E-state index >= 15 is 0 Å². The SMILES string of the molecule is CCOC(=O)c1cnc(-c2ccc(OC)cc2)nc1NC1CCOc2ccc(C)cc21. The number of methoxy groups -OCH3 is 1. The highest BCUT2D eigenvalue weighted by Crippen LogP contribution is 2.35. The number of nitrogens with one attached hydrogen (secondary N) is 1. The molecule has 2 aromatic carbocycles. The number of nitrogens with zero attached hydrogens (tertiary/aromatic N) is 2. The van der Waals surface area contributed by atoms with Crippen molar-refractivity contribution in [3.05, 3.63) is 65.4 Å². The summed E-state index contributed by atoms with van der Waals surface area (Å²) >= 11 is 0. The summed E-state index contributed by atoms with van der Waals surface area (Å²) in [5.74, 6) is 2.09. The van der Waals surface area contributed by atoms with E-state index in [0.29, 0.717) is 23.8 Å². The third-order valence-electron chi connectivity index (χ3n) is 5.15. The van der Waals surface area contributed by atoms with Crippen molar-refractivity contribution in [3.8, 4) is 22.9 Å². The number of hydrogen-bond acceptors (Lipinski definition) is 7. The maximum absolute atomic E-state index is 12.6. The second kappa shape index (κ2) is 9.04. The third kappa shape index (κ3) is 4.45. The molecule has 0 saturated carbocycles. The fourth-order valence-electron chi connectivity index (χ4n) is 3.56. The average Bonchev–Trinajstić information content (AvgIpc) is 2.79. The molecule has 1 atom stereocenters. The second-order valence-electron chi connectivity index (χ2n) is 7.28. The Labute approximate surface area is 181 Å². The van der Waals surface area contributed by atoms with Crippen LogP contribution in [0, 0.1) is 6.92 Å². The van der Waals surface area contributed by atoms with Gasteiger partial charge in [-0.15, -0.1) is 0 Å². The molecular formula is C24H25N3O4. The summed E-state index contributed by atoms with van der Waals surface area (Å²) in [6, 6.07) is 13.5. The van der Waals surface area contributed by atoms with Gasteiger partial charge in [-0.05, 0) is 44.2 Å². The minimum atomic E-state index is -0.456. The average molecular weight is 419 g/mol. The Bertz CT molecular complexity index is 1080. The summed E-state index contributed by atoms with van der Waals surface area (Å²) in [5.41, 5.74) is 3.32. The van der Waals surface area contributed by atoms with Gasteiger partial charge in [-0.1, -0.05) is 17.7 Å². The van der Waals surface area contributed by atoms with Crippen molar-refractivity contribution in [2.24, 2.45) is 0 Å². The molecule has 0 radical (unpaired) electrons. The van der Waals surface area contributed by atoms with E-state index < -0.39 is 5.97 Å². The first-order valence-corrected chi connectivity index (χ1v) is 10.3. The third-order valence-corrected chi connectivity index (χ3v) is 5.15. The van der Waals surface area contributed by atoms with E-state index in [1.165, 1.54) is 6.20 Å². The minimum Gasteiger partial charge on any atom is -0.497 e. The zero-order valence-electron chi connectivity index (χ0n) is 17.8. The van der Waals surface area contributed by atoms with Crippen molar-refractivity contribution in [1.82, 2.24) is 9.97 Å². The Kier molecular flexibility index (Phi) is 6.02. The Morgan fingerprint density at radius 1 is 1.23 bits per heavy atom. The number of anilines is 1. The number of aryl methyl sites for hydroxylation is 1. The number of hydrogen-bond donors (Lipinski definition) is 1. The molecule has 0 fully saturated rings. The molecule has 1 N–H and O–H groups in total. The van der Waals surface area contributed by atoms with Crippen LogP contribution in [-0.2, 0) is 4.74 Å². The van der Waals surface area contributed by atoms with Crippen molar-refractivity contribution in [3.63, 3.8) is 0 Å². The quantitative estimate of drug-likeness (QED) is 0.586. The Morgan fingerprint density at radius 2 is 2.03 bits per heavy atom. The summed E-state index contributed by atoms with van der Waals surface area (Å²) in [7, 11) is 1.62. The lowest BCUT2D eigenvalue weighted by atomic mass is 9.98. The molecule has 1 unspecified atom stereocenters. The summed E-state index contributed by atoms with van der Waals surface area (Å²) in [6.07, 6.45) is 2.27. The molecule has 0 amide bonds. The lowest BCUT2D eigenvalue weighted by Crippen LogP contribution is -2.23. The molecular weight excluding hydrogens is 394 g/mol. The number of fused-ring (bicyclic) bond motifs is 1. The summed E-state index contributed by atoms with van der Waals surface area (Å²) in [6.45, 7) is 4.67. The van der Waals surface area contributed by atoms with Crippen LogP contribution in [0.1, 0.15) is 40.9 Å². The molecule has 7 heteroatoms. The smallest absolute Gasteiger partial charge is 0.343 e. The maximum atomic E-state index is 12.6. The first kappa shape index (κ1) is 20.7. The highest BCUT2D eigenvalue weighted by atomic mass is 16.5. The van der Waals surface area contributed by atoms with E-state index in [4.69, 9.17) is 14.2 Å². The van der Waals surface area contributed by atoms with Crippen molar-refractivity contribution < 1.29 is 19.0 Å². The monoisotopic (exact) mass is 419 g/mol. The van der Waals surface area contributed by atoms with Crippen LogP contribution < -0.4 is 14.8 Å². The topological polar surface area (TPSA) is 82.6 Å². The number of rotatable bonds is 6. The number of esters is 1. The number of carbonyl (C=O) groups excluding carboxylic acids is 1. The number of benzene rings is 2. The first-order chi connectivity index (χ1) is 15.1. The molecule has 1 aliphatic heterocycles. The van der Waals surface area contributed by atoms with Crippen LogP contribution >= 0.6 is 0 Å².